The van der Waals surface area contributed by atoms with Gasteiger partial charge >= 0.3 is 0 Å². The molecule has 5 heteroatoms. The van der Waals surface area contributed by atoms with E-state index in [1.54, 1.807) is 17.0 Å². The fraction of sp³-hybridized carbons (Fsp3) is 0.714. The van der Waals surface area contributed by atoms with Crippen molar-refractivity contribution in [1.29, 1.82) is 0 Å². The summed E-state index contributed by atoms with van der Waals surface area (Å²) < 4.78 is 1.80. The number of hydrogen-bond donors (Lipinski definition) is 2. The van der Waals surface area contributed by atoms with Crippen LogP contribution >= 0.6 is 0 Å². The highest BCUT2D eigenvalue weighted by Crippen LogP contribution is 2.37. The van der Waals surface area contributed by atoms with Gasteiger partial charge in [-0.3, -0.25) is 4.79 Å². The third kappa shape index (κ3) is 2.52. The highest BCUT2D eigenvalue weighted by molar-refractivity contribution is 5.31. The number of hydrogen-bond acceptors (Lipinski definition) is 4. The summed E-state index contributed by atoms with van der Waals surface area (Å²) in [6, 6.07) is 0.394. The van der Waals surface area contributed by atoms with Gasteiger partial charge in [0, 0.05) is 25.0 Å². The van der Waals surface area contributed by atoms with Crippen LogP contribution in [0.2, 0.25) is 0 Å². The van der Waals surface area contributed by atoms with Crippen molar-refractivity contribution < 1.29 is 0 Å². The quantitative estimate of drug-likeness (QED) is 0.843. The van der Waals surface area contributed by atoms with Gasteiger partial charge in [0.05, 0.1) is 0 Å². The molecule has 1 aromatic rings. The van der Waals surface area contributed by atoms with Crippen molar-refractivity contribution in [1.82, 2.24) is 9.55 Å². The van der Waals surface area contributed by atoms with Crippen LogP contribution in [0, 0.1) is 5.41 Å². The lowest BCUT2D eigenvalue weighted by Crippen LogP contribution is -2.36. The number of rotatable bonds is 5. The zero-order chi connectivity index (χ0) is 13.3. The van der Waals surface area contributed by atoms with E-state index in [0.29, 0.717) is 18.4 Å². The summed E-state index contributed by atoms with van der Waals surface area (Å²) in [6.45, 7) is 1.45. The second kappa shape index (κ2) is 4.96. The van der Waals surface area contributed by atoms with E-state index in [2.05, 4.69) is 10.3 Å². The largest absolute Gasteiger partial charge is 0.365 e. The third-order valence-corrected chi connectivity index (χ3v) is 4.54. The molecule has 19 heavy (non-hydrogen) atoms. The average molecular weight is 262 g/mol. The minimum absolute atomic E-state index is 0.00942. The van der Waals surface area contributed by atoms with Gasteiger partial charge in [-0.15, -0.1) is 0 Å². The Kier molecular flexibility index (Phi) is 3.31. The first-order valence-corrected chi connectivity index (χ1v) is 7.25. The monoisotopic (exact) mass is 262 g/mol. The van der Waals surface area contributed by atoms with Gasteiger partial charge in [-0.2, -0.15) is 0 Å². The maximum Gasteiger partial charge on any atom is 0.293 e. The van der Waals surface area contributed by atoms with E-state index in [9.17, 15) is 4.79 Å². The average Bonchev–Trinajstić information content (AvgIpc) is 3.16. The van der Waals surface area contributed by atoms with Gasteiger partial charge in [0.25, 0.3) is 5.56 Å². The number of nitrogens with two attached hydrogens (primary N) is 1. The Labute approximate surface area is 113 Å². The minimum atomic E-state index is 0.00942. The van der Waals surface area contributed by atoms with E-state index in [4.69, 9.17) is 5.73 Å². The van der Waals surface area contributed by atoms with Crippen LogP contribution in [-0.4, -0.2) is 22.6 Å². The van der Waals surface area contributed by atoms with Crippen LogP contribution in [-0.2, 0) is 0 Å². The fourth-order valence-corrected chi connectivity index (χ4v) is 3.04. The van der Waals surface area contributed by atoms with Crippen LogP contribution in [0.25, 0.3) is 0 Å². The zero-order valence-electron chi connectivity index (χ0n) is 11.3. The molecule has 3 N–H and O–H groups in total. The molecule has 104 valence electrons. The summed E-state index contributed by atoms with van der Waals surface area (Å²) in [7, 11) is 0. The van der Waals surface area contributed by atoms with Gasteiger partial charge in [0.2, 0.25) is 0 Å². The van der Waals surface area contributed by atoms with Crippen LogP contribution in [0.3, 0.4) is 0 Å². The Bertz CT molecular complexity index is 500. The first-order chi connectivity index (χ1) is 9.24. The molecule has 0 spiro atoms. The van der Waals surface area contributed by atoms with E-state index < -0.39 is 0 Å². The molecule has 0 saturated heterocycles. The van der Waals surface area contributed by atoms with E-state index in [-0.39, 0.29) is 11.0 Å². The lowest BCUT2D eigenvalue weighted by Gasteiger charge is -2.27. The molecule has 2 fully saturated rings. The van der Waals surface area contributed by atoms with Gasteiger partial charge in [-0.1, -0.05) is 12.8 Å². The molecule has 3 rings (SSSR count). The molecule has 0 unspecified atom stereocenters. The molecular weight excluding hydrogens is 240 g/mol. The molecule has 0 atom stereocenters. The van der Waals surface area contributed by atoms with Gasteiger partial charge in [0.1, 0.15) is 0 Å². The molecule has 0 bridgehead atoms. The summed E-state index contributed by atoms with van der Waals surface area (Å²) >= 11 is 0. The van der Waals surface area contributed by atoms with Gasteiger partial charge in [0.15, 0.2) is 5.82 Å². The van der Waals surface area contributed by atoms with E-state index in [0.717, 1.165) is 32.2 Å². The Balaban J connectivity index is 1.73. The highest BCUT2D eigenvalue weighted by Gasteiger charge is 2.32. The number of nitrogens with zero attached hydrogens (tertiary/aromatic N) is 2. The first kappa shape index (κ1) is 12.7. The van der Waals surface area contributed by atoms with Crippen LogP contribution in [0.4, 0.5) is 5.82 Å². The molecule has 1 aromatic heterocycles. The molecule has 1 heterocycles. The van der Waals surface area contributed by atoms with Crippen LogP contribution in [0.5, 0.6) is 0 Å². The molecule has 0 amide bonds. The summed E-state index contributed by atoms with van der Waals surface area (Å²) in [5.41, 5.74) is 6.09. The SMILES string of the molecule is NCC1(CNc2nccn(C3CC3)c2=O)CCCC1. The normalized spacial score (nSPS) is 21.5. The topological polar surface area (TPSA) is 72.9 Å². The Morgan fingerprint density at radius 3 is 2.79 bits per heavy atom. The summed E-state index contributed by atoms with van der Waals surface area (Å²) in [5, 5.41) is 3.25. The van der Waals surface area contributed by atoms with Gasteiger partial charge < -0.3 is 15.6 Å². The maximum atomic E-state index is 12.3. The van der Waals surface area contributed by atoms with Crippen molar-refractivity contribution in [3.8, 4) is 0 Å². The van der Waals surface area contributed by atoms with Crippen molar-refractivity contribution in [2.24, 2.45) is 11.1 Å². The molecule has 2 saturated carbocycles. The Hall–Kier alpha value is -1.36. The molecule has 2 aliphatic rings. The molecule has 0 aliphatic heterocycles. The summed E-state index contributed by atoms with van der Waals surface area (Å²) in [4.78, 5) is 16.4. The van der Waals surface area contributed by atoms with Crippen molar-refractivity contribution in [3.05, 3.63) is 22.7 Å². The first-order valence-electron chi connectivity index (χ1n) is 7.25. The van der Waals surface area contributed by atoms with Crippen LogP contribution in [0.15, 0.2) is 17.2 Å². The molecule has 2 aliphatic carbocycles. The Morgan fingerprint density at radius 1 is 1.42 bits per heavy atom. The highest BCUT2D eigenvalue weighted by atomic mass is 16.1. The number of anilines is 1. The minimum Gasteiger partial charge on any atom is -0.365 e. The Morgan fingerprint density at radius 2 is 2.16 bits per heavy atom. The summed E-state index contributed by atoms with van der Waals surface area (Å²) in [6.07, 6.45) is 10.5. The van der Waals surface area contributed by atoms with Gasteiger partial charge in [-0.05, 0) is 37.6 Å². The van der Waals surface area contributed by atoms with E-state index in [1.807, 2.05) is 0 Å². The standard InChI is InChI=1S/C14H22N4O/c15-9-14(5-1-2-6-14)10-17-12-13(19)18(8-7-16-12)11-3-4-11/h7-8,11H,1-6,9-10,15H2,(H,16,17). The lowest BCUT2D eigenvalue weighted by atomic mass is 9.86. The van der Waals surface area contributed by atoms with Crippen LogP contribution in [0.1, 0.15) is 44.6 Å². The number of aromatic nitrogens is 2. The van der Waals surface area contributed by atoms with Crippen molar-refractivity contribution >= 4 is 5.82 Å². The maximum absolute atomic E-state index is 12.3. The predicted octanol–water partition coefficient (Wildman–Crippen LogP) is 1.51. The van der Waals surface area contributed by atoms with E-state index in [1.165, 1.54) is 12.8 Å². The molecular formula is C14H22N4O. The van der Waals surface area contributed by atoms with Crippen molar-refractivity contribution in [2.45, 2.75) is 44.6 Å². The third-order valence-electron chi connectivity index (χ3n) is 4.54. The molecule has 0 radical (unpaired) electrons. The smallest absolute Gasteiger partial charge is 0.293 e. The molecule has 5 nitrogen and oxygen atoms in total. The fourth-order valence-electron chi connectivity index (χ4n) is 3.04. The van der Waals surface area contributed by atoms with Crippen molar-refractivity contribution in [2.75, 3.05) is 18.4 Å². The van der Waals surface area contributed by atoms with Gasteiger partial charge in [-0.25, -0.2) is 4.98 Å². The van der Waals surface area contributed by atoms with Crippen LogP contribution < -0.4 is 16.6 Å². The second-order valence-corrected chi connectivity index (χ2v) is 5.98. The predicted molar refractivity (Wildman–Crippen MR) is 75.2 cm³/mol. The van der Waals surface area contributed by atoms with Crippen molar-refractivity contribution in [3.63, 3.8) is 0 Å². The number of nitrogens with one attached hydrogen (secondary N) is 1. The second-order valence-electron chi connectivity index (χ2n) is 5.98. The lowest BCUT2D eigenvalue weighted by molar-refractivity contribution is 0.331. The van der Waals surface area contributed by atoms with E-state index >= 15 is 0 Å². The molecule has 0 aromatic carbocycles. The summed E-state index contributed by atoms with van der Waals surface area (Å²) in [5.74, 6) is 0.481. The zero-order valence-corrected chi connectivity index (χ0v) is 11.3.